The van der Waals surface area contributed by atoms with E-state index in [0.29, 0.717) is 18.3 Å². The van der Waals surface area contributed by atoms with E-state index in [1.807, 2.05) is 29.2 Å². The highest BCUT2D eigenvalue weighted by atomic mass is 16.5. The van der Waals surface area contributed by atoms with Crippen molar-refractivity contribution in [3.05, 3.63) is 36.8 Å². The summed E-state index contributed by atoms with van der Waals surface area (Å²) in [7, 11) is 0. The van der Waals surface area contributed by atoms with Crippen LogP contribution in [-0.2, 0) is 9.53 Å². The van der Waals surface area contributed by atoms with Crippen LogP contribution in [0.5, 0.6) is 0 Å². The van der Waals surface area contributed by atoms with Crippen LogP contribution in [0.25, 0.3) is 22.6 Å². The molecule has 3 aromatic rings. The van der Waals surface area contributed by atoms with E-state index in [9.17, 15) is 4.79 Å². The predicted molar refractivity (Wildman–Crippen MR) is 114 cm³/mol. The van der Waals surface area contributed by atoms with Crippen LogP contribution in [-0.4, -0.2) is 57.4 Å². The van der Waals surface area contributed by atoms with Crippen molar-refractivity contribution in [2.24, 2.45) is 5.92 Å². The third-order valence-electron chi connectivity index (χ3n) is 5.66. The number of carbonyl (C=O) groups is 1. The number of hydrogen-bond acceptors (Lipinski definition) is 7. The first kappa shape index (κ1) is 18.7. The molecule has 9 heteroatoms. The maximum atomic E-state index is 12.1. The number of nitrogens with one attached hydrogen (secondary N) is 2. The van der Waals surface area contributed by atoms with Gasteiger partial charge in [-0.25, -0.2) is 15.0 Å². The zero-order valence-corrected chi connectivity index (χ0v) is 16.5. The van der Waals surface area contributed by atoms with Crippen LogP contribution >= 0.6 is 0 Å². The maximum Gasteiger partial charge on any atom is 0.245 e. The van der Waals surface area contributed by atoms with Gasteiger partial charge in [-0.2, -0.15) is 5.10 Å². The maximum absolute atomic E-state index is 12.1. The molecule has 1 aromatic carbocycles. The number of hydrogen-bond donors (Lipinski definition) is 2. The summed E-state index contributed by atoms with van der Waals surface area (Å²) in [5, 5.41) is 9.59. The van der Waals surface area contributed by atoms with E-state index >= 15 is 0 Å². The fraction of sp³-hybridized carbons (Fsp3) is 0.381. The molecular formula is C21H25N7O2. The average Bonchev–Trinajstić information content (AvgIpc) is 3.33. The Labute approximate surface area is 175 Å². The smallest absolute Gasteiger partial charge is 0.245 e. The molecule has 1 fully saturated rings. The van der Waals surface area contributed by atoms with Crippen LogP contribution in [0.4, 0.5) is 11.6 Å². The van der Waals surface area contributed by atoms with Crippen molar-refractivity contribution >= 4 is 17.5 Å². The zero-order valence-electron chi connectivity index (χ0n) is 16.5. The van der Waals surface area contributed by atoms with Gasteiger partial charge >= 0.3 is 0 Å². The number of carbonyl (C=O) groups excluding carboxylic acids is 1. The first-order valence-corrected chi connectivity index (χ1v) is 10.2. The normalized spacial score (nSPS) is 16.9. The van der Waals surface area contributed by atoms with Gasteiger partial charge in [0, 0.05) is 32.3 Å². The molecule has 0 aliphatic carbocycles. The lowest BCUT2D eigenvalue weighted by Gasteiger charge is -2.31. The van der Waals surface area contributed by atoms with Crippen LogP contribution in [0.2, 0.25) is 0 Å². The van der Waals surface area contributed by atoms with Gasteiger partial charge in [-0.3, -0.25) is 9.89 Å². The van der Waals surface area contributed by atoms with E-state index in [2.05, 4.69) is 25.5 Å². The standard InChI is InChI=1S/C21H23N7O2.H2/c29-18-12-28(8-5-14-6-9-30-10-7-14)21-20(26-18)22-11-17(25-21)15-1-3-16(4-2-15)19-23-13-24-27-19;/h1-4,11,13-14H,5-10,12H2,(H,22,26,29)(H,23,24,27);1H. The van der Waals surface area contributed by atoms with Crippen LogP contribution in [0.1, 0.15) is 20.7 Å². The largest absolute Gasteiger partial charge is 0.381 e. The fourth-order valence-electron chi connectivity index (χ4n) is 3.95. The van der Waals surface area contributed by atoms with Crippen molar-refractivity contribution in [2.45, 2.75) is 19.3 Å². The van der Waals surface area contributed by atoms with Crippen LogP contribution < -0.4 is 10.2 Å². The molecule has 0 spiro atoms. The highest BCUT2D eigenvalue weighted by Crippen LogP contribution is 2.30. The second kappa shape index (κ2) is 8.19. The summed E-state index contributed by atoms with van der Waals surface area (Å²) in [5.74, 6) is 2.57. The van der Waals surface area contributed by atoms with Gasteiger partial charge in [0.2, 0.25) is 5.91 Å². The van der Waals surface area contributed by atoms with E-state index in [0.717, 1.165) is 67.5 Å². The molecule has 9 nitrogen and oxygen atoms in total. The summed E-state index contributed by atoms with van der Waals surface area (Å²) in [6.45, 7) is 2.75. The van der Waals surface area contributed by atoms with E-state index in [1.54, 1.807) is 6.20 Å². The summed E-state index contributed by atoms with van der Waals surface area (Å²) in [6, 6.07) is 7.92. The number of benzene rings is 1. The molecule has 2 aromatic heterocycles. The van der Waals surface area contributed by atoms with Crippen LogP contribution in [0.3, 0.4) is 0 Å². The number of ether oxygens (including phenoxy) is 1. The van der Waals surface area contributed by atoms with E-state index < -0.39 is 0 Å². The minimum atomic E-state index is -0.0482. The lowest BCUT2D eigenvalue weighted by Crippen LogP contribution is -2.40. The first-order chi connectivity index (χ1) is 14.8. The van der Waals surface area contributed by atoms with Crippen molar-refractivity contribution in [3.63, 3.8) is 0 Å². The molecule has 30 heavy (non-hydrogen) atoms. The SMILES string of the molecule is O=C1CN(CCC2CCOCC2)c2nc(-c3ccc(-c4ncn[nH]4)cc3)cnc2N1.[HH]. The Hall–Kier alpha value is -3.33. The Balaban J connectivity index is 0.00000231. The van der Waals surface area contributed by atoms with Gasteiger partial charge in [-0.1, -0.05) is 24.3 Å². The van der Waals surface area contributed by atoms with Crippen molar-refractivity contribution in [2.75, 3.05) is 36.5 Å². The molecule has 2 aliphatic heterocycles. The summed E-state index contributed by atoms with van der Waals surface area (Å²) in [6.07, 6.45) is 6.37. The number of aromatic amines is 1. The molecule has 0 radical (unpaired) electrons. The number of rotatable bonds is 5. The summed E-state index contributed by atoms with van der Waals surface area (Å²) < 4.78 is 5.45. The van der Waals surface area contributed by atoms with Crippen molar-refractivity contribution in [1.82, 2.24) is 25.1 Å². The Kier molecular flexibility index (Phi) is 5.10. The van der Waals surface area contributed by atoms with Gasteiger partial charge in [-0.05, 0) is 25.2 Å². The van der Waals surface area contributed by atoms with Gasteiger partial charge in [-0.15, -0.1) is 0 Å². The Bertz CT molecular complexity index is 1020. The summed E-state index contributed by atoms with van der Waals surface area (Å²) >= 11 is 0. The molecular weight excluding hydrogens is 382 g/mol. The van der Waals surface area contributed by atoms with Crippen molar-refractivity contribution in [1.29, 1.82) is 0 Å². The third kappa shape index (κ3) is 3.88. The highest BCUT2D eigenvalue weighted by molar-refractivity contribution is 5.99. The molecule has 4 heterocycles. The minimum absolute atomic E-state index is 0. The molecule has 0 atom stereocenters. The number of amides is 1. The first-order valence-electron chi connectivity index (χ1n) is 10.2. The van der Waals surface area contributed by atoms with Gasteiger partial charge in [0.1, 0.15) is 6.33 Å². The predicted octanol–water partition coefficient (Wildman–Crippen LogP) is 2.75. The molecule has 1 saturated heterocycles. The fourth-order valence-corrected chi connectivity index (χ4v) is 3.95. The van der Waals surface area contributed by atoms with Gasteiger partial charge in [0.25, 0.3) is 0 Å². The average molecular weight is 407 g/mol. The number of nitrogens with zero attached hydrogens (tertiary/aromatic N) is 5. The molecule has 1 amide bonds. The number of H-pyrrole nitrogens is 1. The number of aromatic nitrogens is 5. The Morgan fingerprint density at radius 1 is 1.13 bits per heavy atom. The molecule has 0 unspecified atom stereocenters. The molecule has 156 valence electrons. The lowest BCUT2D eigenvalue weighted by molar-refractivity contribution is -0.115. The Morgan fingerprint density at radius 2 is 1.93 bits per heavy atom. The summed E-state index contributed by atoms with van der Waals surface area (Å²) in [4.78, 5) is 27.7. The molecule has 0 bridgehead atoms. The van der Waals surface area contributed by atoms with Crippen LogP contribution in [0, 0.1) is 5.92 Å². The second-order valence-electron chi connectivity index (χ2n) is 7.65. The molecule has 2 N–H and O–H groups in total. The van der Waals surface area contributed by atoms with Gasteiger partial charge in [0.15, 0.2) is 17.5 Å². The number of anilines is 2. The van der Waals surface area contributed by atoms with Gasteiger partial charge in [0.05, 0.1) is 18.4 Å². The van der Waals surface area contributed by atoms with E-state index in [-0.39, 0.29) is 7.33 Å². The zero-order chi connectivity index (χ0) is 20.3. The quantitative estimate of drug-likeness (QED) is 0.669. The van der Waals surface area contributed by atoms with Crippen molar-refractivity contribution < 1.29 is 11.0 Å². The minimum Gasteiger partial charge on any atom is -0.381 e. The lowest BCUT2D eigenvalue weighted by atomic mass is 9.96. The van der Waals surface area contributed by atoms with E-state index in [1.165, 1.54) is 6.33 Å². The molecule has 5 rings (SSSR count). The topological polar surface area (TPSA) is 109 Å². The molecule has 0 saturated carbocycles. The Morgan fingerprint density at radius 3 is 2.70 bits per heavy atom. The third-order valence-corrected chi connectivity index (χ3v) is 5.66. The monoisotopic (exact) mass is 407 g/mol. The number of fused-ring (bicyclic) bond motifs is 1. The second-order valence-corrected chi connectivity index (χ2v) is 7.65. The summed E-state index contributed by atoms with van der Waals surface area (Å²) in [5.41, 5.74) is 2.67. The molecule has 2 aliphatic rings. The van der Waals surface area contributed by atoms with Crippen LogP contribution in [0.15, 0.2) is 36.8 Å². The highest BCUT2D eigenvalue weighted by Gasteiger charge is 2.26. The van der Waals surface area contributed by atoms with Crippen molar-refractivity contribution in [3.8, 4) is 22.6 Å². The van der Waals surface area contributed by atoms with Gasteiger partial charge < -0.3 is 15.0 Å². The van der Waals surface area contributed by atoms with E-state index in [4.69, 9.17) is 9.72 Å².